The molecule has 0 radical (unpaired) electrons. The molecule has 2 atom stereocenters. The topological polar surface area (TPSA) is 63.3 Å². The molecular formula is C20H41NO2. The fourth-order valence-electron chi connectivity index (χ4n) is 3.22. The fourth-order valence-corrected chi connectivity index (χ4v) is 3.22. The van der Waals surface area contributed by atoms with E-state index in [1.165, 1.54) is 77.0 Å². The minimum absolute atomic E-state index is 0.00942. The maximum Gasteiger partial charge on any atom is 0.220 e. The van der Waals surface area contributed by atoms with E-state index in [4.69, 9.17) is 10.8 Å². The number of hydrogen-bond donors (Lipinski definition) is 2. The Morgan fingerprint density at radius 2 is 1.22 bits per heavy atom. The molecule has 2 unspecified atom stereocenters. The smallest absolute Gasteiger partial charge is 0.220 e. The van der Waals surface area contributed by atoms with Gasteiger partial charge in [-0.25, -0.2) is 0 Å². The summed E-state index contributed by atoms with van der Waals surface area (Å²) in [5, 5.41) is 9.15. The Labute approximate surface area is 144 Å². The summed E-state index contributed by atoms with van der Waals surface area (Å²) in [4.78, 5) is 11.4. The third-order valence-electron chi connectivity index (χ3n) is 4.96. The van der Waals surface area contributed by atoms with Gasteiger partial charge in [0.15, 0.2) is 0 Å². The van der Waals surface area contributed by atoms with Gasteiger partial charge >= 0.3 is 0 Å². The molecule has 0 aromatic carbocycles. The van der Waals surface area contributed by atoms with Crippen LogP contribution in [-0.4, -0.2) is 17.6 Å². The van der Waals surface area contributed by atoms with Crippen LogP contribution in [0.15, 0.2) is 0 Å². The Morgan fingerprint density at radius 3 is 1.57 bits per heavy atom. The number of aliphatic hydroxyl groups is 1. The molecule has 0 aromatic heterocycles. The van der Waals surface area contributed by atoms with Crippen LogP contribution in [0, 0.1) is 11.8 Å². The number of carbonyl (C=O) groups excluding carboxylic acids is 1. The molecular weight excluding hydrogens is 286 g/mol. The number of hydrogen-bond acceptors (Lipinski definition) is 2. The number of carbonyl (C=O) groups is 1. The van der Waals surface area contributed by atoms with Gasteiger partial charge in [-0.2, -0.15) is 0 Å². The first-order chi connectivity index (χ1) is 11.1. The van der Waals surface area contributed by atoms with E-state index in [0.29, 0.717) is 0 Å². The molecule has 23 heavy (non-hydrogen) atoms. The number of nitrogens with two attached hydrogens (primary N) is 1. The number of primary amides is 1. The number of aliphatic hydroxyl groups excluding tert-OH is 1. The minimum Gasteiger partial charge on any atom is -0.396 e. The highest BCUT2D eigenvalue weighted by molar-refractivity contribution is 5.76. The SMILES string of the molecule is CCCCCCCCCCCCCCCC(C(N)=O)C(C)CO. The van der Waals surface area contributed by atoms with E-state index in [1.807, 2.05) is 6.92 Å². The van der Waals surface area contributed by atoms with Crippen LogP contribution >= 0.6 is 0 Å². The molecule has 1 amide bonds. The molecule has 0 bridgehead atoms. The highest BCUT2D eigenvalue weighted by Crippen LogP contribution is 2.19. The maximum atomic E-state index is 11.4. The van der Waals surface area contributed by atoms with Crippen molar-refractivity contribution in [3.63, 3.8) is 0 Å². The van der Waals surface area contributed by atoms with Crippen molar-refractivity contribution in [2.75, 3.05) is 6.61 Å². The quantitative estimate of drug-likeness (QED) is 0.361. The Bertz CT molecular complexity index is 268. The predicted octanol–water partition coefficient (Wildman–Crippen LogP) is 5.20. The molecule has 0 aliphatic carbocycles. The van der Waals surface area contributed by atoms with Gasteiger partial charge in [-0.3, -0.25) is 4.79 Å². The Morgan fingerprint density at radius 1 is 0.826 bits per heavy atom. The monoisotopic (exact) mass is 327 g/mol. The molecule has 0 saturated heterocycles. The largest absolute Gasteiger partial charge is 0.396 e. The van der Waals surface area contributed by atoms with Crippen molar-refractivity contribution < 1.29 is 9.90 Å². The number of rotatable bonds is 17. The summed E-state index contributed by atoms with van der Waals surface area (Å²) in [6, 6.07) is 0. The van der Waals surface area contributed by atoms with Crippen molar-refractivity contribution in [3.8, 4) is 0 Å². The molecule has 3 N–H and O–H groups in total. The zero-order valence-electron chi connectivity index (χ0n) is 15.7. The minimum atomic E-state index is -0.259. The summed E-state index contributed by atoms with van der Waals surface area (Å²) in [5.74, 6) is -0.428. The van der Waals surface area contributed by atoms with Gasteiger partial charge in [-0.15, -0.1) is 0 Å². The second kappa shape index (κ2) is 16.3. The van der Waals surface area contributed by atoms with Crippen LogP contribution in [0.3, 0.4) is 0 Å². The molecule has 0 rings (SSSR count). The van der Waals surface area contributed by atoms with Crippen LogP contribution in [0.4, 0.5) is 0 Å². The zero-order chi connectivity index (χ0) is 17.3. The molecule has 0 aliphatic rings. The second-order valence-electron chi connectivity index (χ2n) is 7.20. The molecule has 0 fully saturated rings. The van der Waals surface area contributed by atoms with Crippen molar-refractivity contribution in [2.24, 2.45) is 17.6 Å². The van der Waals surface area contributed by atoms with E-state index in [9.17, 15) is 4.79 Å². The molecule has 138 valence electrons. The van der Waals surface area contributed by atoms with Crippen LogP contribution in [0.5, 0.6) is 0 Å². The van der Waals surface area contributed by atoms with Crippen LogP contribution in [0.1, 0.15) is 104 Å². The van der Waals surface area contributed by atoms with Gasteiger partial charge in [0.05, 0.1) is 0 Å². The van der Waals surface area contributed by atoms with Crippen molar-refractivity contribution in [1.29, 1.82) is 0 Å². The van der Waals surface area contributed by atoms with E-state index in [0.717, 1.165) is 12.8 Å². The van der Waals surface area contributed by atoms with Gasteiger partial charge in [-0.05, 0) is 12.3 Å². The van der Waals surface area contributed by atoms with Crippen LogP contribution in [0.2, 0.25) is 0 Å². The van der Waals surface area contributed by atoms with Gasteiger partial charge in [0.25, 0.3) is 0 Å². The molecule has 0 saturated carbocycles. The molecule has 0 aliphatic heterocycles. The summed E-state index contributed by atoms with van der Waals surface area (Å²) < 4.78 is 0. The Balaban J connectivity index is 3.34. The lowest BCUT2D eigenvalue weighted by molar-refractivity contribution is -0.124. The first-order valence-corrected chi connectivity index (χ1v) is 10.0. The number of amides is 1. The lowest BCUT2D eigenvalue weighted by Crippen LogP contribution is -2.30. The van der Waals surface area contributed by atoms with Gasteiger partial charge < -0.3 is 10.8 Å². The maximum absolute atomic E-state index is 11.4. The van der Waals surface area contributed by atoms with Crippen LogP contribution in [0.25, 0.3) is 0 Å². The van der Waals surface area contributed by atoms with Crippen molar-refractivity contribution in [1.82, 2.24) is 0 Å². The van der Waals surface area contributed by atoms with E-state index in [-0.39, 0.29) is 24.3 Å². The molecule has 3 heteroatoms. The van der Waals surface area contributed by atoms with Gasteiger partial charge in [-0.1, -0.05) is 97.3 Å². The first kappa shape index (κ1) is 22.4. The zero-order valence-corrected chi connectivity index (χ0v) is 15.7. The normalized spacial score (nSPS) is 13.9. The summed E-state index contributed by atoms with van der Waals surface area (Å²) in [6.45, 7) is 4.21. The predicted molar refractivity (Wildman–Crippen MR) is 99.2 cm³/mol. The van der Waals surface area contributed by atoms with Crippen molar-refractivity contribution in [2.45, 2.75) is 104 Å². The lowest BCUT2D eigenvalue weighted by Gasteiger charge is -2.18. The van der Waals surface area contributed by atoms with Crippen molar-refractivity contribution >= 4 is 5.91 Å². The first-order valence-electron chi connectivity index (χ1n) is 10.0. The molecule has 0 aromatic rings. The van der Waals surface area contributed by atoms with Gasteiger partial charge in [0.2, 0.25) is 5.91 Å². The van der Waals surface area contributed by atoms with Gasteiger partial charge in [0.1, 0.15) is 0 Å². The summed E-state index contributed by atoms with van der Waals surface area (Å²) in [6.07, 6.45) is 18.1. The molecule has 0 spiro atoms. The lowest BCUT2D eigenvalue weighted by atomic mass is 9.88. The highest BCUT2D eigenvalue weighted by Gasteiger charge is 2.21. The average Bonchev–Trinajstić information content (AvgIpc) is 2.54. The summed E-state index contributed by atoms with van der Waals surface area (Å²) in [5.41, 5.74) is 5.41. The average molecular weight is 328 g/mol. The highest BCUT2D eigenvalue weighted by atomic mass is 16.3. The third-order valence-corrected chi connectivity index (χ3v) is 4.96. The Kier molecular flexibility index (Phi) is 15.9. The van der Waals surface area contributed by atoms with E-state index < -0.39 is 0 Å². The summed E-state index contributed by atoms with van der Waals surface area (Å²) in [7, 11) is 0. The van der Waals surface area contributed by atoms with E-state index in [2.05, 4.69) is 6.92 Å². The second-order valence-corrected chi connectivity index (χ2v) is 7.20. The number of unbranched alkanes of at least 4 members (excludes halogenated alkanes) is 12. The van der Waals surface area contributed by atoms with Crippen LogP contribution < -0.4 is 5.73 Å². The summed E-state index contributed by atoms with van der Waals surface area (Å²) >= 11 is 0. The van der Waals surface area contributed by atoms with Gasteiger partial charge in [0, 0.05) is 12.5 Å². The Hall–Kier alpha value is -0.570. The standard InChI is InChI=1S/C20H41NO2/c1-3-4-5-6-7-8-9-10-11-12-13-14-15-16-19(20(21)23)18(2)17-22/h18-19,22H,3-17H2,1-2H3,(H2,21,23). The molecule has 3 nitrogen and oxygen atoms in total. The fraction of sp³-hybridized carbons (Fsp3) is 0.950. The van der Waals surface area contributed by atoms with E-state index in [1.54, 1.807) is 0 Å². The third kappa shape index (κ3) is 13.6. The van der Waals surface area contributed by atoms with E-state index >= 15 is 0 Å². The molecule has 0 heterocycles. The van der Waals surface area contributed by atoms with Crippen molar-refractivity contribution in [3.05, 3.63) is 0 Å². The van der Waals surface area contributed by atoms with Crippen LogP contribution in [-0.2, 0) is 4.79 Å².